The number of halogens is 2. The number of carbonyl (C=O) groups is 4. The van der Waals surface area contributed by atoms with Crippen molar-refractivity contribution < 1.29 is 76.7 Å². The number of nitrogens with one attached hydrogen (secondary N) is 2. The molecule has 0 radical (unpaired) electrons. The third-order valence-corrected chi connectivity index (χ3v) is 16.7. The van der Waals surface area contributed by atoms with E-state index in [1.54, 1.807) is 65.8 Å². The molecule has 434 valence electrons. The number of rotatable bonds is 16. The molecule has 3 aliphatic heterocycles. The highest BCUT2D eigenvalue weighted by molar-refractivity contribution is 6.41. The van der Waals surface area contributed by atoms with Gasteiger partial charge in [0.05, 0.1) is 47.7 Å². The Balaban J connectivity index is 1.33. The molecule has 4 heterocycles. The van der Waals surface area contributed by atoms with Crippen LogP contribution in [0.15, 0.2) is 28.9 Å². The number of allylic oxidation sites excluding steroid dienone is 2. The summed E-state index contributed by atoms with van der Waals surface area (Å²) in [6.07, 6.45) is -3.95. The number of esters is 1. The van der Waals surface area contributed by atoms with E-state index >= 15 is 0 Å². The highest BCUT2D eigenvalue weighted by atomic mass is 19.2. The summed E-state index contributed by atoms with van der Waals surface area (Å²) in [7, 11) is 2.49. The van der Waals surface area contributed by atoms with Crippen LogP contribution >= 0.6 is 0 Å². The number of likely N-dealkylation sites (N-methyl/N-ethyl adjacent to an activating group) is 1. The minimum atomic E-state index is -2.70. The van der Waals surface area contributed by atoms with Gasteiger partial charge in [-0.25, -0.2) is 4.79 Å². The summed E-state index contributed by atoms with van der Waals surface area (Å²) >= 11 is 0. The second-order valence-electron chi connectivity index (χ2n) is 23.1. The predicted octanol–water partition coefficient (Wildman–Crippen LogP) is 5.32. The molecule has 6 N–H and O–H groups in total. The summed E-state index contributed by atoms with van der Waals surface area (Å²) < 4.78 is 66.6. The fraction of sp³-hybridized carbons (Fsp3) is 0.764. The molecule has 18 atom stereocenters. The Morgan fingerprint density at radius 1 is 0.974 bits per heavy atom. The third-order valence-electron chi connectivity index (χ3n) is 16.7. The molecule has 4 aliphatic rings. The van der Waals surface area contributed by atoms with Gasteiger partial charge in [0.2, 0.25) is 5.91 Å². The minimum Gasteiger partial charge on any atom is -0.459 e. The lowest BCUT2D eigenvalue weighted by molar-refractivity contribution is -0.302. The van der Waals surface area contributed by atoms with Gasteiger partial charge in [-0.2, -0.15) is 0 Å². The van der Waals surface area contributed by atoms with Crippen LogP contribution in [0.4, 0.5) is 13.4 Å². The number of ketones is 1. The largest absolute Gasteiger partial charge is 0.677 e. The van der Waals surface area contributed by atoms with Gasteiger partial charge in [-0.3, -0.25) is 28.0 Å². The molecule has 1 aromatic heterocycles. The van der Waals surface area contributed by atoms with Crippen molar-refractivity contribution in [2.24, 2.45) is 34.6 Å². The third kappa shape index (κ3) is 15.0. The first-order valence-electron chi connectivity index (χ1n) is 27.3. The van der Waals surface area contributed by atoms with Crippen LogP contribution in [-0.2, 0) is 42.8 Å². The fourth-order valence-electron chi connectivity index (χ4n) is 12.0. The van der Waals surface area contributed by atoms with Crippen LogP contribution in [0.3, 0.4) is 0 Å². The highest BCUT2D eigenvalue weighted by Crippen LogP contribution is 2.43. The van der Waals surface area contributed by atoms with Crippen molar-refractivity contribution in [3.63, 3.8) is 0 Å². The lowest BCUT2D eigenvalue weighted by Gasteiger charge is -2.50. The second kappa shape index (κ2) is 26.4. The van der Waals surface area contributed by atoms with E-state index in [0.29, 0.717) is 54.0 Å². The zero-order valence-electron chi connectivity index (χ0n) is 47.9. The number of aromatic nitrogens is 1. The molecule has 0 aromatic carbocycles. The van der Waals surface area contributed by atoms with E-state index in [9.17, 15) is 48.2 Å². The second-order valence-corrected chi connectivity index (χ2v) is 23.1. The quantitative estimate of drug-likeness (QED) is 0.0697. The first-order valence-corrected chi connectivity index (χ1v) is 27.3. The fourth-order valence-corrected chi connectivity index (χ4v) is 12.0. The lowest BCUT2D eigenvalue weighted by atomic mass is 9.73. The smallest absolute Gasteiger partial charge is 0.459 e. The van der Waals surface area contributed by atoms with Gasteiger partial charge in [0.25, 0.3) is 0 Å². The molecule has 22 heteroatoms. The molecule has 0 bridgehead atoms. The molecule has 77 heavy (non-hydrogen) atoms. The van der Waals surface area contributed by atoms with Gasteiger partial charge in [-0.15, -0.1) is 0 Å². The number of cyclic esters (lactones) is 1. The van der Waals surface area contributed by atoms with Gasteiger partial charge in [-0.1, -0.05) is 34.6 Å². The Labute approximate surface area is 454 Å². The van der Waals surface area contributed by atoms with E-state index in [2.05, 4.69) is 15.6 Å². The number of amides is 2. The SMILES string of the molecule is CC[C@H]1OC(=O)[C@H](C)[C@@H](O[C@H]2CC[C@@](C)(OC)C(OC(=O)NCCNC(=O)CCC3=N/C(=C\c4c(C)cc(C)n4B(F)F)C=C3)[C@@H]2C)[C@H](C)[C@@H](O[C@@H]2O[C@H](C)C[C@H](N(C)C)[C@H]2O)[C@](C)(O)C[C@@H](C)C(=O)[C@H](C)[C@@H](O)[C@]1(C)O. The van der Waals surface area contributed by atoms with Crippen LogP contribution in [0.5, 0.6) is 0 Å². The van der Waals surface area contributed by atoms with Crippen LogP contribution in [-0.4, -0.2) is 179 Å². The number of aliphatic hydroxyl groups excluding tert-OH is 2. The monoisotopic (exact) mass is 1090 g/mol. The summed E-state index contributed by atoms with van der Waals surface area (Å²) in [6.45, 7) is 20.0. The zero-order chi connectivity index (χ0) is 57.6. The van der Waals surface area contributed by atoms with Crippen LogP contribution in [0.2, 0.25) is 0 Å². The summed E-state index contributed by atoms with van der Waals surface area (Å²) in [4.78, 5) is 61.4. The molecule has 5 rings (SSSR count). The van der Waals surface area contributed by atoms with E-state index in [-0.39, 0.29) is 50.4 Å². The van der Waals surface area contributed by atoms with E-state index in [1.165, 1.54) is 27.9 Å². The normalized spacial score (nSPS) is 38.0. The van der Waals surface area contributed by atoms with Crippen molar-refractivity contribution in [3.8, 4) is 0 Å². The topological polar surface area (TPSA) is 249 Å². The molecule has 2 amide bonds. The van der Waals surface area contributed by atoms with Crippen molar-refractivity contribution in [2.75, 3.05) is 34.3 Å². The molecule has 1 aromatic rings. The number of hydrogen-bond donors (Lipinski definition) is 6. The van der Waals surface area contributed by atoms with Crippen LogP contribution in [0, 0.1) is 43.4 Å². The first-order chi connectivity index (χ1) is 35.9. The molecule has 1 aliphatic carbocycles. The lowest BCUT2D eigenvalue weighted by Crippen LogP contribution is -2.61. The maximum absolute atomic E-state index is 14.5. The van der Waals surface area contributed by atoms with Gasteiger partial charge in [0.15, 0.2) is 6.29 Å². The standard InChI is InChI=1S/C55H88BF2N5O14/c1-16-42-55(12,71)47(67)34(7)44(65)30(3)28-53(10,70)48(76-51-45(66)40(62(13)14)26-32(5)73-51)35(8)46(36(9)50(68)75-42)74-41-21-22-54(11,72-15)49(33(41)6)77-52(69)60-24-23-59-43(64)20-19-37-17-18-38(61-37)27-39-29(2)25-31(4)63(39)56(57)58/h17-18,25,27,30,32-36,40-42,45-49,51,66-67,70-71H,16,19-24,26,28H2,1-15H3,(H,59,64)(H,60,69)/b38-27-/t30-,32-,33-,34+,35+,36-,40+,41+,42-,45-,46+,47-,48-,49?,51+,53-,54-,55-/m1/s1. The van der Waals surface area contributed by atoms with Crippen molar-refractivity contribution >= 4 is 42.9 Å². The molecule has 2 saturated heterocycles. The molecular formula is C55H88BF2N5O14. The summed E-state index contributed by atoms with van der Waals surface area (Å²) in [6, 6.07) is 1.31. The molecule has 3 fully saturated rings. The number of alkyl carbamates (subject to hydrolysis) is 1. The Kier molecular flexibility index (Phi) is 21.9. The van der Waals surface area contributed by atoms with Crippen molar-refractivity contribution in [3.05, 3.63) is 40.9 Å². The van der Waals surface area contributed by atoms with Crippen molar-refractivity contribution in [1.82, 2.24) is 20.0 Å². The first kappa shape index (κ1) is 63.7. The summed E-state index contributed by atoms with van der Waals surface area (Å²) in [5.74, 6) is -6.15. The zero-order valence-corrected chi connectivity index (χ0v) is 47.9. The number of aliphatic imine (C=N–C) groups is 1. The predicted molar refractivity (Wildman–Crippen MR) is 286 cm³/mol. The van der Waals surface area contributed by atoms with E-state index in [1.807, 2.05) is 39.8 Å². The van der Waals surface area contributed by atoms with Gasteiger partial charge < -0.3 is 68.9 Å². The summed E-state index contributed by atoms with van der Waals surface area (Å²) in [5, 5.41) is 53.2. The van der Waals surface area contributed by atoms with Crippen LogP contribution < -0.4 is 10.6 Å². The van der Waals surface area contributed by atoms with Gasteiger partial charge in [-0.05, 0) is 131 Å². The Morgan fingerprint density at radius 3 is 2.26 bits per heavy atom. The number of ether oxygens (including phenoxy) is 6. The molecule has 0 spiro atoms. The highest BCUT2D eigenvalue weighted by Gasteiger charge is 2.54. The maximum Gasteiger partial charge on any atom is 0.677 e. The summed E-state index contributed by atoms with van der Waals surface area (Å²) in [5.41, 5.74) is -2.31. The average Bonchev–Trinajstić information content (AvgIpc) is 3.94. The number of Topliss-reactive ketones (excluding diaryl/α,β-unsaturated/α-hetero) is 1. The molecule has 1 unspecified atom stereocenters. The van der Waals surface area contributed by atoms with Gasteiger partial charge >= 0.3 is 19.5 Å². The maximum atomic E-state index is 14.5. The Morgan fingerprint density at radius 2 is 1.64 bits per heavy atom. The number of nitrogens with zero attached hydrogens (tertiary/aromatic N) is 3. The van der Waals surface area contributed by atoms with Crippen LogP contribution in [0.25, 0.3) is 6.08 Å². The molecule has 1 saturated carbocycles. The van der Waals surface area contributed by atoms with Crippen LogP contribution in [0.1, 0.15) is 131 Å². The molecule has 19 nitrogen and oxygen atoms in total. The van der Waals surface area contributed by atoms with Gasteiger partial charge in [0, 0.05) is 73.4 Å². The van der Waals surface area contributed by atoms with Crippen molar-refractivity contribution in [2.45, 2.75) is 206 Å². The number of hydrogen-bond acceptors (Lipinski definition) is 16. The van der Waals surface area contributed by atoms with Crippen molar-refractivity contribution in [1.29, 1.82) is 0 Å². The van der Waals surface area contributed by atoms with E-state index in [0.717, 1.165) is 4.48 Å². The van der Waals surface area contributed by atoms with E-state index in [4.69, 9.17) is 28.4 Å². The van der Waals surface area contributed by atoms with Gasteiger partial charge in [0.1, 0.15) is 35.3 Å². The Hall–Kier alpha value is -4.13. The number of methoxy groups -OCH3 is 1. The molecular weight excluding hydrogens is 1000 g/mol. The minimum absolute atomic E-state index is 0.0192. The number of aryl methyl sites for hydroxylation is 2. The Bertz CT molecular complexity index is 2310. The number of aliphatic hydroxyl groups is 4. The number of carbonyl (C=O) groups excluding carboxylic acids is 4. The average molecular weight is 1090 g/mol. The van der Waals surface area contributed by atoms with E-state index < -0.39 is 121 Å².